The maximum absolute atomic E-state index is 5.13. The van der Waals surface area contributed by atoms with Crippen molar-refractivity contribution in [3.63, 3.8) is 0 Å². The number of hydrogen-bond acceptors (Lipinski definition) is 4. The summed E-state index contributed by atoms with van der Waals surface area (Å²) in [5, 5.41) is 5.03. The van der Waals surface area contributed by atoms with Crippen LogP contribution >= 0.6 is 0 Å². The molecule has 60 valence electrons. The standard InChI is InChI=1S/C6H14N2O2/c1-9-6-5-7-3-4-8(6)10-2/h6-7H,3-5H2,1-2H3. The number of methoxy groups -OCH3 is 1. The summed E-state index contributed by atoms with van der Waals surface area (Å²) < 4.78 is 5.13. The summed E-state index contributed by atoms with van der Waals surface area (Å²) in [5.41, 5.74) is 0. The minimum atomic E-state index is 0.0683. The zero-order valence-corrected chi connectivity index (χ0v) is 6.46. The van der Waals surface area contributed by atoms with Crippen molar-refractivity contribution in [2.24, 2.45) is 0 Å². The van der Waals surface area contributed by atoms with Gasteiger partial charge in [-0.15, -0.1) is 0 Å². The molecule has 1 unspecified atom stereocenters. The summed E-state index contributed by atoms with van der Waals surface area (Å²) in [4.78, 5) is 5.06. The van der Waals surface area contributed by atoms with Gasteiger partial charge in [0.25, 0.3) is 0 Å². The van der Waals surface area contributed by atoms with Crippen LogP contribution in [-0.2, 0) is 9.57 Å². The number of hydrogen-bond donors (Lipinski definition) is 1. The van der Waals surface area contributed by atoms with E-state index >= 15 is 0 Å². The fourth-order valence-electron chi connectivity index (χ4n) is 1.07. The van der Waals surface area contributed by atoms with Crippen LogP contribution in [0.1, 0.15) is 0 Å². The summed E-state index contributed by atoms with van der Waals surface area (Å²) in [5.74, 6) is 0. The predicted octanol–water partition coefficient (Wildman–Crippen LogP) is -0.575. The van der Waals surface area contributed by atoms with Gasteiger partial charge in [0.2, 0.25) is 0 Å². The zero-order valence-electron chi connectivity index (χ0n) is 6.46. The van der Waals surface area contributed by atoms with Gasteiger partial charge in [0.1, 0.15) is 6.23 Å². The van der Waals surface area contributed by atoms with Crippen LogP contribution in [0.15, 0.2) is 0 Å². The highest BCUT2D eigenvalue weighted by atomic mass is 16.7. The van der Waals surface area contributed by atoms with Gasteiger partial charge < -0.3 is 10.1 Å². The molecule has 1 saturated heterocycles. The zero-order chi connectivity index (χ0) is 7.40. The molecule has 0 amide bonds. The van der Waals surface area contributed by atoms with E-state index in [0.717, 1.165) is 19.6 Å². The Hall–Kier alpha value is -0.160. The summed E-state index contributed by atoms with van der Waals surface area (Å²) in [6, 6.07) is 0. The minimum Gasteiger partial charge on any atom is -0.363 e. The maximum atomic E-state index is 5.13. The molecule has 0 radical (unpaired) electrons. The van der Waals surface area contributed by atoms with Crippen molar-refractivity contribution in [1.29, 1.82) is 0 Å². The van der Waals surface area contributed by atoms with Gasteiger partial charge in [-0.05, 0) is 0 Å². The smallest absolute Gasteiger partial charge is 0.145 e. The quantitative estimate of drug-likeness (QED) is 0.565. The average Bonchev–Trinajstić information content (AvgIpc) is 2.04. The largest absolute Gasteiger partial charge is 0.363 e. The Labute approximate surface area is 61.0 Å². The van der Waals surface area contributed by atoms with E-state index in [0.29, 0.717) is 0 Å². The number of piperazine rings is 1. The van der Waals surface area contributed by atoms with E-state index in [4.69, 9.17) is 9.57 Å². The molecule has 1 fully saturated rings. The molecular weight excluding hydrogens is 132 g/mol. The lowest BCUT2D eigenvalue weighted by molar-refractivity contribution is -0.235. The second kappa shape index (κ2) is 3.88. The van der Waals surface area contributed by atoms with E-state index in [-0.39, 0.29) is 6.23 Å². The van der Waals surface area contributed by atoms with E-state index < -0.39 is 0 Å². The Morgan fingerprint density at radius 3 is 2.80 bits per heavy atom. The molecule has 1 rings (SSSR count). The van der Waals surface area contributed by atoms with Gasteiger partial charge in [-0.3, -0.25) is 4.84 Å². The molecule has 0 bridgehead atoms. The van der Waals surface area contributed by atoms with Crippen molar-refractivity contribution < 1.29 is 9.57 Å². The van der Waals surface area contributed by atoms with E-state index in [2.05, 4.69) is 5.32 Å². The topological polar surface area (TPSA) is 33.7 Å². The van der Waals surface area contributed by atoms with Crippen LogP contribution in [0.4, 0.5) is 0 Å². The minimum absolute atomic E-state index is 0.0683. The first-order chi connectivity index (χ1) is 4.88. The molecule has 0 saturated carbocycles. The first-order valence-electron chi connectivity index (χ1n) is 3.42. The molecule has 4 nitrogen and oxygen atoms in total. The predicted molar refractivity (Wildman–Crippen MR) is 37.4 cm³/mol. The van der Waals surface area contributed by atoms with Crippen LogP contribution in [0.5, 0.6) is 0 Å². The van der Waals surface area contributed by atoms with Crippen molar-refractivity contribution in [3.05, 3.63) is 0 Å². The van der Waals surface area contributed by atoms with Crippen molar-refractivity contribution >= 4 is 0 Å². The number of nitrogens with one attached hydrogen (secondary N) is 1. The molecular formula is C6H14N2O2. The van der Waals surface area contributed by atoms with Gasteiger partial charge in [0, 0.05) is 26.7 Å². The van der Waals surface area contributed by atoms with Crippen molar-refractivity contribution in [1.82, 2.24) is 10.4 Å². The molecule has 1 aliphatic rings. The fourth-order valence-corrected chi connectivity index (χ4v) is 1.07. The Kier molecular flexibility index (Phi) is 3.08. The van der Waals surface area contributed by atoms with Gasteiger partial charge in [-0.1, -0.05) is 0 Å². The number of ether oxygens (including phenoxy) is 1. The molecule has 0 aromatic carbocycles. The number of hydroxylamine groups is 2. The first-order valence-corrected chi connectivity index (χ1v) is 3.42. The highest BCUT2D eigenvalue weighted by Crippen LogP contribution is 2.02. The molecule has 0 aliphatic carbocycles. The van der Waals surface area contributed by atoms with E-state index in [1.54, 1.807) is 14.2 Å². The first kappa shape index (κ1) is 7.94. The molecule has 0 spiro atoms. The molecule has 1 aliphatic heterocycles. The lowest BCUT2D eigenvalue weighted by Crippen LogP contribution is -2.51. The van der Waals surface area contributed by atoms with Crippen LogP contribution in [0.25, 0.3) is 0 Å². The second-order valence-corrected chi connectivity index (χ2v) is 2.22. The third-order valence-electron chi connectivity index (χ3n) is 1.66. The molecule has 10 heavy (non-hydrogen) atoms. The lowest BCUT2D eigenvalue weighted by atomic mass is 10.4. The van der Waals surface area contributed by atoms with E-state index in [1.165, 1.54) is 0 Å². The maximum Gasteiger partial charge on any atom is 0.145 e. The highest BCUT2D eigenvalue weighted by Gasteiger charge is 2.20. The van der Waals surface area contributed by atoms with Crippen molar-refractivity contribution in [3.8, 4) is 0 Å². The Balaban J connectivity index is 2.34. The van der Waals surface area contributed by atoms with Crippen LogP contribution in [0.3, 0.4) is 0 Å². The number of rotatable bonds is 2. The van der Waals surface area contributed by atoms with Gasteiger partial charge in [-0.25, -0.2) is 0 Å². The van der Waals surface area contributed by atoms with Crippen molar-refractivity contribution in [2.45, 2.75) is 6.23 Å². The second-order valence-electron chi connectivity index (χ2n) is 2.22. The summed E-state index contributed by atoms with van der Waals surface area (Å²) >= 11 is 0. The van der Waals surface area contributed by atoms with Gasteiger partial charge in [0.05, 0.1) is 7.11 Å². The third kappa shape index (κ3) is 1.67. The van der Waals surface area contributed by atoms with Crippen LogP contribution in [0, 0.1) is 0 Å². The Morgan fingerprint density at radius 2 is 2.30 bits per heavy atom. The normalized spacial score (nSPS) is 28.8. The summed E-state index contributed by atoms with van der Waals surface area (Å²) in [6.07, 6.45) is 0.0683. The molecule has 1 atom stereocenters. The van der Waals surface area contributed by atoms with Gasteiger partial charge in [-0.2, -0.15) is 5.06 Å². The van der Waals surface area contributed by atoms with Crippen LogP contribution in [-0.4, -0.2) is 45.1 Å². The Morgan fingerprint density at radius 1 is 1.50 bits per heavy atom. The average molecular weight is 146 g/mol. The highest BCUT2D eigenvalue weighted by molar-refractivity contribution is 4.65. The third-order valence-corrected chi connectivity index (χ3v) is 1.66. The van der Waals surface area contributed by atoms with Gasteiger partial charge >= 0.3 is 0 Å². The van der Waals surface area contributed by atoms with Gasteiger partial charge in [0.15, 0.2) is 0 Å². The van der Waals surface area contributed by atoms with Crippen LogP contribution < -0.4 is 5.32 Å². The SMILES string of the molecule is COC1CNCCN1OC. The summed E-state index contributed by atoms with van der Waals surface area (Å²) in [6.45, 7) is 2.69. The Bertz CT molecular complexity index is 87.7. The monoisotopic (exact) mass is 146 g/mol. The molecule has 1 heterocycles. The number of nitrogens with zero attached hydrogens (tertiary/aromatic N) is 1. The molecule has 4 heteroatoms. The van der Waals surface area contributed by atoms with E-state index in [9.17, 15) is 0 Å². The molecule has 0 aromatic rings. The summed E-state index contributed by atoms with van der Waals surface area (Å²) in [7, 11) is 3.35. The fraction of sp³-hybridized carbons (Fsp3) is 1.00. The molecule has 0 aromatic heterocycles. The molecule has 1 N–H and O–H groups in total. The lowest BCUT2D eigenvalue weighted by Gasteiger charge is -2.32. The van der Waals surface area contributed by atoms with Crippen molar-refractivity contribution in [2.75, 3.05) is 33.9 Å². The van der Waals surface area contributed by atoms with E-state index in [1.807, 2.05) is 5.06 Å². The van der Waals surface area contributed by atoms with Crippen LogP contribution in [0.2, 0.25) is 0 Å².